The van der Waals surface area contributed by atoms with Crippen LogP contribution in [0.4, 0.5) is 0 Å². The Morgan fingerprint density at radius 3 is 2.61 bits per heavy atom. The van der Waals surface area contributed by atoms with Gasteiger partial charge in [0.25, 0.3) is 0 Å². The molecule has 0 saturated carbocycles. The number of aromatic nitrogens is 1. The predicted molar refractivity (Wildman–Crippen MR) is 138 cm³/mol. The van der Waals surface area contributed by atoms with Crippen LogP contribution in [-0.2, 0) is 32.6 Å². The number of nitrogens with zero attached hydrogens (tertiary/aromatic N) is 4. The summed E-state index contributed by atoms with van der Waals surface area (Å²) in [6.07, 6.45) is 6.15. The van der Waals surface area contributed by atoms with Gasteiger partial charge in [0, 0.05) is 49.9 Å². The summed E-state index contributed by atoms with van der Waals surface area (Å²) < 4.78 is 27.2. The van der Waals surface area contributed by atoms with E-state index < -0.39 is 16.1 Å². The van der Waals surface area contributed by atoms with Gasteiger partial charge in [0.05, 0.1) is 17.9 Å². The Bertz CT molecular complexity index is 1280. The first-order valence-electron chi connectivity index (χ1n) is 12.8. The standard InChI is InChI=1S/C26H35N5O4S/c1-3-29-22(17-20-9-8-19(18-27)16-24(20)29)11-10-21-6-4-14-30(21)26(33)23-7-5-15-31(23)25(32)12-13-28-36(2,34)35/h8-9,16-17,21,23,28H,3-7,10-15H2,1-2H3. The van der Waals surface area contributed by atoms with Crippen molar-refractivity contribution in [1.82, 2.24) is 19.1 Å². The van der Waals surface area contributed by atoms with Crippen LogP contribution in [0.2, 0.25) is 0 Å². The summed E-state index contributed by atoms with van der Waals surface area (Å²) in [6, 6.07) is 9.85. The highest BCUT2D eigenvalue weighted by atomic mass is 32.2. The van der Waals surface area contributed by atoms with E-state index >= 15 is 0 Å². The number of carbonyl (C=O) groups excluding carboxylic acids is 2. The number of hydrogen-bond acceptors (Lipinski definition) is 5. The van der Waals surface area contributed by atoms with Crippen molar-refractivity contribution in [3.8, 4) is 6.07 Å². The predicted octanol–water partition coefficient (Wildman–Crippen LogP) is 2.39. The molecule has 2 atom stereocenters. The first-order valence-corrected chi connectivity index (χ1v) is 14.7. The van der Waals surface area contributed by atoms with Gasteiger partial charge in [-0.25, -0.2) is 13.1 Å². The number of amides is 2. The summed E-state index contributed by atoms with van der Waals surface area (Å²) >= 11 is 0. The van der Waals surface area contributed by atoms with Crippen LogP contribution in [0.3, 0.4) is 0 Å². The van der Waals surface area contributed by atoms with Gasteiger partial charge in [0.15, 0.2) is 0 Å². The number of benzene rings is 1. The zero-order chi connectivity index (χ0) is 25.9. The molecule has 1 aromatic heterocycles. The van der Waals surface area contributed by atoms with E-state index in [4.69, 9.17) is 0 Å². The van der Waals surface area contributed by atoms with Gasteiger partial charge in [-0.15, -0.1) is 0 Å². The van der Waals surface area contributed by atoms with E-state index in [-0.39, 0.29) is 30.8 Å². The summed E-state index contributed by atoms with van der Waals surface area (Å²) in [5.41, 5.74) is 2.92. The number of carbonyl (C=O) groups is 2. The van der Waals surface area contributed by atoms with Crippen molar-refractivity contribution in [2.75, 3.05) is 25.9 Å². The molecule has 0 bridgehead atoms. The number of aryl methyl sites for hydroxylation is 2. The van der Waals surface area contributed by atoms with E-state index in [1.54, 1.807) is 4.90 Å². The fourth-order valence-electron chi connectivity index (χ4n) is 5.70. The normalized spacial score (nSPS) is 20.2. The van der Waals surface area contributed by atoms with Crippen LogP contribution in [-0.4, -0.2) is 72.6 Å². The second-order valence-electron chi connectivity index (χ2n) is 9.79. The molecule has 9 nitrogen and oxygen atoms in total. The number of nitriles is 1. The number of fused-ring (bicyclic) bond motifs is 1. The van der Waals surface area contributed by atoms with Crippen molar-refractivity contribution in [2.24, 2.45) is 0 Å². The Labute approximate surface area is 213 Å². The van der Waals surface area contributed by atoms with Crippen LogP contribution in [0, 0.1) is 11.3 Å². The molecule has 0 aliphatic carbocycles. The fraction of sp³-hybridized carbons (Fsp3) is 0.577. The molecule has 0 spiro atoms. The van der Waals surface area contributed by atoms with Gasteiger partial charge in [-0.2, -0.15) is 5.26 Å². The lowest BCUT2D eigenvalue weighted by Gasteiger charge is -2.31. The molecule has 0 radical (unpaired) electrons. The zero-order valence-corrected chi connectivity index (χ0v) is 21.9. The third-order valence-electron chi connectivity index (χ3n) is 7.39. The SMILES string of the molecule is CCn1c(CCC2CCCN2C(=O)C2CCCN2C(=O)CCNS(C)(=O)=O)cc2ccc(C#N)cc21. The summed E-state index contributed by atoms with van der Waals surface area (Å²) in [5, 5.41) is 10.4. The van der Waals surface area contributed by atoms with Gasteiger partial charge in [0.1, 0.15) is 6.04 Å². The van der Waals surface area contributed by atoms with Crippen LogP contribution in [0.25, 0.3) is 10.9 Å². The lowest BCUT2D eigenvalue weighted by atomic mass is 10.1. The van der Waals surface area contributed by atoms with Crippen molar-refractivity contribution in [1.29, 1.82) is 5.26 Å². The molecular formula is C26H35N5O4S. The lowest BCUT2D eigenvalue weighted by molar-refractivity contribution is -0.144. The van der Waals surface area contributed by atoms with Gasteiger partial charge >= 0.3 is 0 Å². The third kappa shape index (κ3) is 5.73. The second kappa shape index (κ2) is 11.0. The Kier molecular flexibility index (Phi) is 8.00. The van der Waals surface area contributed by atoms with E-state index in [0.29, 0.717) is 25.1 Å². The summed E-state index contributed by atoms with van der Waals surface area (Å²) in [4.78, 5) is 29.9. The second-order valence-corrected chi connectivity index (χ2v) is 11.6. The van der Waals surface area contributed by atoms with Crippen molar-refractivity contribution in [3.63, 3.8) is 0 Å². The summed E-state index contributed by atoms with van der Waals surface area (Å²) in [5.74, 6) is -0.156. The molecule has 1 aromatic carbocycles. The van der Waals surface area contributed by atoms with Gasteiger partial charge < -0.3 is 14.4 Å². The molecule has 4 rings (SSSR count). The monoisotopic (exact) mass is 513 g/mol. The van der Waals surface area contributed by atoms with Gasteiger partial charge in [0.2, 0.25) is 21.8 Å². The molecule has 2 aliphatic heterocycles. The van der Waals surface area contributed by atoms with Crippen molar-refractivity contribution in [2.45, 2.75) is 70.5 Å². The van der Waals surface area contributed by atoms with Crippen LogP contribution < -0.4 is 4.72 Å². The molecule has 2 unspecified atom stereocenters. The fourth-order valence-corrected chi connectivity index (χ4v) is 6.18. The number of hydrogen-bond donors (Lipinski definition) is 1. The van der Waals surface area contributed by atoms with Crippen molar-refractivity contribution >= 4 is 32.7 Å². The molecule has 1 N–H and O–H groups in total. The number of likely N-dealkylation sites (tertiary alicyclic amines) is 2. The van der Waals surface area contributed by atoms with E-state index in [1.807, 2.05) is 23.1 Å². The summed E-state index contributed by atoms with van der Waals surface area (Å²) in [6.45, 7) is 4.20. The quantitative estimate of drug-likeness (QED) is 0.553. The molecule has 10 heteroatoms. The Morgan fingerprint density at radius 1 is 1.14 bits per heavy atom. The highest BCUT2D eigenvalue weighted by Crippen LogP contribution is 2.29. The van der Waals surface area contributed by atoms with Gasteiger partial charge in [-0.05, 0) is 69.0 Å². The zero-order valence-electron chi connectivity index (χ0n) is 21.1. The number of rotatable bonds is 9. The minimum atomic E-state index is -3.35. The van der Waals surface area contributed by atoms with Gasteiger partial charge in [-0.3, -0.25) is 9.59 Å². The smallest absolute Gasteiger partial charge is 0.245 e. The molecule has 2 saturated heterocycles. The van der Waals surface area contributed by atoms with Crippen LogP contribution in [0.15, 0.2) is 24.3 Å². The maximum Gasteiger partial charge on any atom is 0.245 e. The molecule has 3 heterocycles. The van der Waals surface area contributed by atoms with Crippen LogP contribution in [0.5, 0.6) is 0 Å². The molecule has 2 fully saturated rings. The van der Waals surface area contributed by atoms with Gasteiger partial charge in [-0.1, -0.05) is 6.07 Å². The average Bonchev–Trinajstić information content (AvgIpc) is 3.58. The average molecular weight is 514 g/mol. The number of nitrogens with one attached hydrogen (secondary N) is 1. The van der Waals surface area contributed by atoms with E-state index in [2.05, 4.69) is 28.3 Å². The van der Waals surface area contributed by atoms with Crippen LogP contribution >= 0.6 is 0 Å². The first kappa shape index (κ1) is 26.2. The largest absolute Gasteiger partial charge is 0.345 e. The van der Waals surface area contributed by atoms with Crippen molar-refractivity contribution < 1.29 is 18.0 Å². The van der Waals surface area contributed by atoms with E-state index in [0.717, 1.165) is 55.8 Å². The summed E-state index contributed by atoms with van der Waals surface area (Å²) in [7, 11) is -3.35. The topological polar surface area (TPSA) is 116 Å². The number of sulfonamides is 1. The van der Waals surface area contributed by atoms with Crippen molar-refractivity contribution in [3.05, 3.63) is 35.5 Å². The Hall–Kier alpha value is -2.90. The van der Waals surface area contributed by atoms with E-state index in [1.165, 1.54) is 5.69 Å². The minimum Gasteiger partial charge on any atom is -0.345 e. The lowest BCUT2D eigenvalue weighted by Crippen LogP contribution is -2.49. The Morgan fingerprint density at radius 2 is 1.89 bits per heavy atom. The highest BCUT2D eigenvalue weighted by Gasteiger charge is 2.39. The highest BCUT2D eigenvalue weighted by molar-refractivity contribution is 7.88. The molecule has 194 valence electrons. The third-order valence-corrected chi connectivity index (χ3v) is 8.12. The van der Waals surface area contributed by atoms with Crippen LogP contribution in [0.1, 0.15) is 56.7 Å². The maximum atomic E-state index is 13.5. The first-order chi connectivity index (χ1) is 17.2. The van der Waals surface area contributed by atoms with E-state index in [9.17, 15) is 23.3 Å². The molecular weight excluding hydrogens is 478 g/mol. The maximum absolute atomic E-state index is 13.5. The molecule has 2 amide bonds. The molecule has 36 heavy (non-hydrogen) atoms. The molecule has 2 aliphatic rings. The minimum absolute atomic E-state index is 0.0223. The molecule has 2 aromatic rings. The Balaban J connectivity index is 1.41.